The van der Waals surface area contributed by atoms with Crippen LogP contribution < -0.4 is 5.32 Å². The third-order valence-corrected chi connectivity index (χ3v) is 6.64. The first-order chi connectivity index (χ1) is 12.3. The third kappa shape index (κ3) is 3.09. The summed E-state index contributed by atoms with van der Waals surface area (Å²) < 4.78 is 5.42. The zero-order chi connectivity index (χ0) is 16.8. The van der Waals surface area contributed by atoms with Crippen molar-refractivity contribution in [2.75, 3.05) is 13.1 Å². The molecule has 2 aliphatic carbocycles. The minimum absolute atomic E-state index is 0.0270. The first-order valence-electron chi connectivity index (χ1n) is 10.2. The van der Waals surface area contributed by atoms with E-state index in [-0.39, 0.29) is 12.0 Å². The van der Waals surface area contributed by atoms with Crippen LogP contribution in [-0.4, -0.2) is 46.1 Å². The number of nitrogens with zero attached hydrogens (tertiary/aromatic N) is 3. The molecular weight excluding hydrogens is 316 g/mol. The van der Waals surface area contributed by atoms with Gasteiger partial charge in [0.25, 0.3) is 0 Å². The second-order valence-corrected chi connectivity index (χ2v) is 8.49. The number of amides is 1. The molecule has 0 radical (unpaired) electrons. The number of carbonyl (C=O) groups is 1. The molecule has 4 unspecified atom stereocenters. The maximum absolute atomic E-state index is 13.0. The van der Waals surface area contributed by atoms with Crippen molar-refractivity contribution in [1.82, 2.24) is 20.4 Å². The van der Waals surface area contributed by atoms with Gasteiger partial charge in [-0.3, -0.25) is 4.79 Å². The van der Waals surface area contributed by atoms with Gasteiger partial charge in [-0.2, -0.15) is 4.98 Å². The van der Waals surface area contributed by atoms with E-state index in [1.807, 2.05) is 0 Å². The topological polar surface area (TPSA) is 71.3 Å². The third-order valence-electron chi connectivity index (χ3n) is 6.64. The molecule has 1 N–H and O–H groups in total. The molecule has 2 saturated carbocycles. The van der Waals surface area contributed by atoms with Crippen LogP contribution in [0.4, 0.5) is 0 Å². The zero-order valence-electron chi connectivity index (χ0n) is 14.8. The number of carbonyl (C=O) groups excluding carboxylic acids is 1. The summed E-state index contributed by atoms with van der Waals surface area (Å²) in [5.74, 6) is 3.35. The van der Waals surface area contributed by atoms with Crippen LogP contribution in [0.3, 0.4) is 0 Å². The van der Waals surface area contributed by atoms with Gasteiger partial charge in [0.2, 0.25) is 11.8 Å². The minimum Gasteiger partial charge on any atom is -0.341 e. The molecule has 1 aromatic rings. The molecular formula is C19H28N4O2. The molecule has 1 amide bonds. The summed E-state index contributed by atoms with van der Waals surface area (Å²) in [7, 11) is 0. The Morgan fingerprint density at radius 3 is 2.80 bits per heavy atom. The van der Waals surface area contributed by atoms with Crippen LogP contribution in [0.15, 0.2) is 4.52 Å². The lowest BCUT2D eigenvalue weighted by Crippen LogP contribution is -2.48. The number of hydrogen-bond acceptors (Lipinski definition) is 5. The highest BCUT2D eigenvalue weighted by Gasteiger charge is 2.41. The van der Waals surface area contributed by atoms with Crippen molar-refractivity contribution >= 4 is 5.91 Å². The van der Waals surface area contributed by atoms with Crippen molar-refractivity contribution in [3.8, 4) is 0 Å². The predicted molar refractivity (Wildman–Crippen MR) is 92.1 cm³/mol. The van der Waals surface area contributed by atoms with Crippen LogP contribution in [0.5, 0.6) is 0 Å². The summed E-state index contributed by atoms with van der Waals surface area (Å²) in [6.45, 7) is 1.62. The highest BCUT2D eigenvalue weighted by atomic mass is 16.5. The predicted octanol–water partition coefficient (Wildman–Crippen LogP) is 2.57. The standard InChI is InChI=1S/C19H28N4O2/c24-19(16-10-13-4-1-2-6-15(13)20-16)23-9-3-5-14(11-23)17-21-18(25-22-17)12-7-8-12/h12-16,20H,1-11H2. The molecule has 25 heavy (non-hydrogen) atoms. The lowest BCUT2D eigenvalue weighted by molar-refractivity contribution is -0.134. The second kappa shape index (κ2) is 6.38. The zero-order valence-corrected chi connectivity index (χ0v) is 14.8. The molecule has 1 aromatic heterocycles. The number of likely N-dealkylation sites (tertiary alicyclic amines) is 1. The smallest absolute Gasteiger partial charge is 0.239 e. The maximum Gasteiger partial charge on any atom is 0.239 e. The van der Waals surface area contributed by atoms with Crippen LogP contribution in [0, 0.1) is 5.92 Å². The fraction of sp³-hybridized carbons (Fsp3) is 0.842. The van der Waals surface area contributed by atoms with E-state index in [1.165, 1.54) is 38.5 Å². The van der Waals surface area contributed by atoms with Gasteiger partial charge in [-0.1, -0.05) is 18.0 Å². The van der Waals surface area contributed by atoms with Crippen molar-refractivity contribution in [2.45, 2.75) is 81.7 Å². The first kappa shape index (κ1) is 15.8. The van der Waals surface area contributed by atoms with Crippen LogP contribution in [0.2, 0.25) is 0 Å². The Morgan fingerprint density at radius 2 is 1.96 bits per heavy atom. The Hall–Kier alpha value is -1.43. The van der Waals surface area contributed by atoms with Gasteiger partial charge in [-0.05, 0) is 50.9 Å². The summed E-state index contributed by atoms with van der Waals surface area (Å²) in [6.07, 6.45) is 10.6. The number of fused-ring (bicyclic) bond motifs is 1. The summed E-state index contributed by atoms with van der Waals surface area (Å²) in [6, 6.07) is 0.598. The van der Waals surface area contributed by atoms with Gasteiger partial charge in [0.1, 0.15) is 0 Å². The van der Waals surface area contributed by atoms with Gasteiger partial charge in [0.15, 0.2) is 5.82 Å². The van der Waals surface area contributed by atoms with Gasteiger partial charge in [-0.25, -0.2) is 0 Å². The summed E-state index contributed by atoms with van der Waals surface area (Å²) in [5, 5.41) is 7.84. The van der Waals surface area contributed by atoms with Crippen LogP contribution in [0.25, 0.3) is 0 Å². The SMILES string of the molecule is O=C(C1CC2CCCCC2N1)N1CCCC(c2noc(C3CC3)n2)C1. The van der Waals surface area contributed by atoms with E-state index < -0.39 is 0 Å². The molecule has 6 nitrogen and oxygen atoms in total. The quantitative estimate of drug-likeness (QED) is 0.912. The molecule has 4 atom stereocenters. The summed E-state index contributed by atoms with van der Waals surface area (Å²) in [4.78, 5) is 19.7. The van der Waals surface area contributed by atoms with Gasteiger partial charge in [-0.15, -0.1) is 0 Å². The molecule has 136 valence electrons. The van der Waals surface area contributed by atoms with Crippen molar-refractivity contribution in [3.63, 3.8) is 0 Å². The Morgan fingerprint density at radius 1 is 1.08 bits per heavy atom. The van der Waals surface area contributed by atoms with Crippen molar-refractivity contribution in [2.24, 2.45) is 5.92 Å². The molecule has 0 bridgehead atoms. The van der Waals surface area contributed by atoms with Gasteiger partial charge < -0.3 is 14.7 Å². The van der Waals surface area contributed by atoms with E-state index in [0.717, 1.165) is 44.1 Å². The fourth-order valence-electron chi connectivity index (χ4n) is 5.03. The molecule has 2 saturated heterocycles. The number of aromatic nitrogens is 2. The molecule has 6 heteroatoms. The lowest BCUT2D eigenvalue weighted by Gasteiger charge is -2.33. The van der Waals surface area contributed by atoms with Gasteiger partial charge in [0, 0.05) is 31.0 Å². The number of nitrogens with one attached hydrogen (secondary N) is 1. The van der Waals surface area contributed by atoms with E-state index in [0.29, 0.717) is 23.8 Å². The Balaban J connectivity index is 1.23. The summed E-state index contributed by atoms with van der Waals surface area (Å²) in [5.41, 5.74) is 0. The van der Waals surface area contributed by atoms with Crippen molar-refractivity contribution < 1.29 is 9.32 Å². The van der Waals surface area contributed by atoms with E-state index >= 15 is 0 Å². The van der Waals surface area contributed by atoms with Gasteiger partial charge >= 0.3 is 0 Å². The Bertz CT molecular complexity index is 627. The number of hydrogen-bond donors (Lipinski definition) is 1. The number of rotatable bonds is 3. The van der Waals surface area contributed by atoms with E-state index in [9.17, 15) is 4.79 Å². The average molecular weight is 344 g/mol. The molecule has 4 aliphatic rings. The molecule has 0 aromatic carbocycles. The van der Waals surface area contributed by atoms with Crippen molar-refractivity contribution in [3.05, 3.63) is 11.7 Å². The Labute approximate surface area is 148 Å². The van der Waals surface area contributed by atoms with Crippen LogP contribution in [-0.2, 0) is 4.79 Å². The molecule has 3 heterocycles. The highest BCUT2D eigenvalue weighted by molar-refractivity contribution is 5.82. The fourth-order valence-corrected chi connectivity index (χ4v) is 5.03. The minimum atomic E-state index is 0.0270. The first-order valence-corrected chi connectivity index (χ1v) is 10.2. The normalized spacial score (nSPS) is 35.6. The second-order valence-electron chi connectivity index (χ2n) is 8.49. The molecule has 0 spiro atoms. The van der Waals surface area contributed by atoms with Crippen LogP contribution >= 0.6 is 0 Å². The monoisotopic (exact) mass is 344 g/mol. The lowest BCUT2D eigenvalue weighted by atomic mass is 9.85. The summed E-state index contributed by atoms with van der Waals surface area (Å²) >= 11 is 0. The highest BCUT2D eigenvalue weighted by Crippen LogP contribution is 2.40. The largest absolute Gasteiger partial charge is 0.341 e. The van der Waals surface area contributed by atoms with Crippen LogP contribution in [0.1, 0.15) is 81.3 Å². The number of piperidine rings is 1. The van der Waals surface area contributed by atoms with E-state index in [4.69, 9.17) is 4.52 Å². The van der Waals surface area contributed by atoms with E-state index in [1.54, 1.807) is 0 Å². The molecule has 4 fully saturated rings. The van der Waals surface area contributed by atoms with Gasteiger partial charge in [0.05, 0.1) is 6.04 Å². The van der Waals surface area contributed by atoms with Crippen molar-refractivity contribution in [1.29, 1.82) is 0 Å². The molecule has 2 aliphatic heterocycles. The Kier molecular flexibility index (Phi) is 4.03. The average Bonchev–Trinajstić information content (AvgIpc) is 3.22. The van der Waals surface area contributed by atoms with E-state index in [2.05, 4.69) is 20.4 Å². The maximum atomic E-state index is 13.0. The molecule has 5 rings (SSSR count).